The number of halogens is 1. The molecule has 1 heterocycles. The van der Waals surface area contributed by atoms with Crippen molar-refractivity contribution in [3.05, 3.63) is 49.8 Å². The summed E-state index contributed by atoms with van der Waals surface area (Å²) in [6, 6.07) is 5.02. The molecule has 7 heteroatoms. The summed E-state index contributed by atoms with van der Waals surface area (Å²) in [7, 11) is 1.67. The fourth-order valence-corrected chi connectivity index (χ4v) is 2.10. The van der Waals surface area contributed by atoms with Crippen LogP contribution in [0.4, 0.5) is 11.4 Å². The Balaban J connectivity index is 2.27. The maximum atomic E-state index is 10.8. The normalized spacial score (nSPS) is 10.3. The van der Waals surface area contributed by atoms with Gasteiger partial charge in [0.2, 0.25) is 0 Å². The maximum Gasteiger partial charge on any atom is 0.292 e. The molecule has 2 aromatic rings. The Hall–Kier alpha value is -1.64. The topological polar surface area (TPSA) is 73.0 Å². The van der Waals surface area contributed by atoms with E-state index in [1.165, 1.54) is 6.07 Å². The first kappa shape index (κ1) is 12.8. The average molecular weight is 358 g/mol. The second kappa shape index (κ2) is 5.34. The maximum absolute atomic E-state index is 10.8. The molecule has 94 valence electrons. The van der Waals surface area contributed by atoms with Crippen LogP contribution in [0.2, 0.25) is 0 Å². The van der Waals surface area contributed by atoms with Crippen molar-refractivity contribution in [2.24, 2.45) is 0 Å². The highest BCUT2D eigenvalue weighted by molar-refractivity contribution is 14.1. The van der Waals surface area contributed by atoms with Crippen LogP contribution in [0, 0.1) is 13.7 Å². The van der Waals surface area contributed by atoms with Crippen molar-refractivity contribution in [3.8, 4) is 0 Å². The lowest BCUT2D eigenvalue weighted by Crippen LogP contribution is -2.02. The summed E-state index contributed by atoms with van der Waals surface area (Å²) in [5.74, 6) is 0. The SMILES string of the molecule is CNc1cc(Cn2cc(I)cn2)ccc1[N+](=O)[O-]. The molecule has 0 aliphatic rings. The molecule has 0 unspecified atom stereocenters. The summed E-state index contributed by atoms with van der Waals surface area (Å²) < 4.78 is 2.85. The number of aromatic nitrogens is 2. The summed E-state index contributed by atoms with van der Waals surface area (Å²) in [6.45, 7) is 0.593. The first-order valence-corrected chi connectivity index (χ1v) is 6.31. The molecule has 0 bridgehead atoms. The highest BCUT2D eigenvalue weighted by Gasteiger charge is 2.12. The molecule has 0 fully saturated rings. The van der Waals surface area contributed by atoms with Crippen LogP contribution in [0.3, 0.4) is 0 Å². The van der Waals surface area contributed by atoms with E-state index < -0.39 is 4.92 Å². The number of rotatable bonds is 4. The minimum absolute atomic E-state index is 0.0799. The van der Waals surface area contributed by atoms with Crippen molar-refractivity contribution < 1.29 is 4.92 Å². The van der Waals surface area contributed by atoms with E-state index in [1.807, 2.05) is 6.20 Å². The summed E-state index contributed by atoms with van der Waals surface area (Å²) in [5.41, 5.74) is 1.56. The lowest BCUT2D eigenvalue weighted by molar-refractivity contribution is -0.383. The Morgan fingerprint density at radius 3 is 2.89 bits per heavy atom. The van der Waals surface area contributed by atoms with Crippen LogP contribution >= 0.6 is 22.6 Å². The monoisotopic (exact) mass is 358 g/mol. The van der Waals surface area contributed by atoms with Gasteiger partial charge in [0.25, 0.3) is 5.69 Å². The van der Waals surface area contributed by atoms with E-state index in [2.05, 4.69) is 33.0 Å². The van der Waals surface area contributed by atoms with E-state index in [9.17, 15) is 10.1 Å². The van der Waals surface area contributed by atoms with Crippen molar-refractivity contribution >= 4 is 34.0 Å². The molecule has 2 rings (SSSR count). The highest BCUT2D eigenvalue weighted by Crippen LogP contribution is 2.25. The van der Waals surface area contributed by atoms with Crippen LogP contribution in [0.15, 0.2) is 30.6 Å². The zero-order chi connectivity index (χ0) is 13.1. The zero-order valence-electron chi connectivity index (χ0n) is 9.63. The molecular weight excluding hydrogens is 347 g/mol. The van der Waals surface area contributed by atoms with Crippen molar-refractivity contribution in [3.63, 3.8) is 0 Å². The third-order valence-electron chi connectivity index (χ3n) is 2.47. The molecule has 6 nitrogen and oxygen atoms in total. The number of nitro benzene ring substituents is 1. The molecule has 0 amide bonds. The fraction of sp³-hybridized carbons (Fsp3) is 0.182. The molecule has 0 saturated carbocycles. The molecule has 1 aromatic carbocycles. The van der Waals surface area contributed by atoms with Gasteiger partial charge in [-0.2, -0.15) is 5.10 Å². The van der Waals surface area contributed by atoms with E-state index >= 15 is 0 Å². The van der Waals surface area contributed by atoms with Gasteiger partial charge in [0, 0.05) is 19.3 Å². The van der Waals surface area contributed by atoms with Crippen molar-refractivity contribution in [1.82, 2.24) is 9.78 Å². The zero-order valence-corrected chi connectivity index (χ0v) is 11.8. The predicted octanol–water partition coefficient (Wildman–Crippen LogP) is 2.49. The summed E-state index contributed by atoms with van der Waals surface area (Å²) in [4.78, 5) is 10.4. The second-order valence-electron chi connectivity index (χ2n) is 3.71. The van der Waals surface area contributed by atoms with Gasteiger partial charge in [-0.3, -0.25) is 14.8 Å². The quantitative estimate of drug-likeness (QED) is 0.518. The standard InChI is InChI=1S/C11H11IN4O2/c1-13-10-4-8(2-3-11(10)16(17)18)6-15-7-9(12)5-14-15/h2-5,7,13H,6H2,1H3. The fourth-order valence-electron chi connectivity index (χ4n) is 1.65. The molecule has 1 N–H and O–H groups in total. The smallest absolute Gasteiger partial charge is 0.292 e. The number of hydrogen-bond donors (Lipinski definition) is 1. The average Bonchev–Trinajstić information content (AvgIpc) is 2.74. The van der Waals surface area contributed by atoms with Gasteiger partial charge in [-0.25, -0.2) is 0 Å². The molecule has 0 aliphatic heterocycles. The molecule has 0 aliphatic carbocycles. The minimum atomic E-state index is -0.396. The number of nitro groups is 1. The van der Waals surface area contributed by atoms with E-state index in [1.54, 1.807) is 30.1 Å². The van der Waals surface area contributed by atoms with E-state index in [-0.39, 0.29) is 5.69 Å². The molecule has 0 radical (unpaired) electrons. The molecule has 18 heavy (non-hydrogen) atoms. The summed E-state index contributed by atoms with van der Waals surface area (Å²) in [5, 5.41) is 17.8. The largest absolute Gasteiger partial charge is 0.383 e. The van der Waals surface area contributed by atoms with Crippen LogP contribution in [0.25, 0.3) is 0 Å². The highest BCUT2D eigenvalue weighted by atomic mass is 127. The number of hydrogen-bond acceptors (Lipinski definition) is 4. The molecule has 0 saturated heterocycles. The van der Waals surface area contributed by atoms with Gasteiger partial charge in [-0.1, -0.05) is 6.07 Å². The number of benzene rings is 1. The van der Waals surface area contributed by atoms with Crippen molar-refractivity contribution in [2.75, 3.05) is 12.4 Å². The van der Waals surface area contributed by atoms with Gasteiger partial charge in [-0.05, 0) is 34.2 Å². The first-order chi connectivity index (χ1) is 8.60. The Kier molecular flexibility index (Phi) is 3.80. The molecule has 0 atom stereocenters. The Bertz CT molecular complexity index is 582. The van der Waals surface area contributed by atoms with Crippen molar-refractivity contribution in [2.45, 2.75) is 6.54 Å². The van der Waals surface area contributed by atoms with Gasteiger partial charge in [0.1, 0.15) is 5.69 Å². The van der Waals surface area contributed by atoms with Gasteiger partial charge < -0.3 is 5.32 Å². The Labute approximate surface area is 117 Å². The van der Waals surface area contributed by atoms with E-state index in [0.717, 1.165) is 9.13 Å². The summed E-state index contributed by atoms with van der Waals surface area (Å²) in [6.07, 6.45) is 3.69. The van der Waals surface area contributed by atoms with Crippen LogP contribution in [-0.2, 0) is 6.54 Å². The number of nitrogens with one attached hydrogen (secondary N) is 1. The van der Waals surface area contributed by atoms with E-state index in [4.69, 9.17) is 0 Å². The molecule has 1 aromatic heterocycles. The summed E-state index contributed by atoms with van der Waals surface area (Å²) >= 11 is 2.19. The van der Waals surface area contributed by atoms with Crippen LogP contribution in [0.5, 0.6) is 0 Å². The molecule has 0 spiro atoms. The lowest BCUT2D eigenvalue weighted by atomic mass is 10.1. The van der Waals surface area contributed by atoms with Crippen molar-refractivity contribution in [1.29, 1.82) is 0 Å². The van der Waals surface area contributed by atoms with E-state index in [0.29, 0.717) is 12.2 Å². The van der Waals surface area contributed by atoms with Crippen LogP contribution in [0.1, 0.15) is 5.56 Å². The van der Waals surface area contributed by atoms with Gasteiger partial charge in [-0.15, -0.1) is 0 Å². The van der Waals surface area contributed by atoms with Crippen LogP contribution < -0.4 is 5.32 Å². The first-order valence-electron chi connectivity index (χ1n) is 5.23. The number of nitrogens with zero attached hydrogens (tertiary/aromatic N) is 3. The minimum Gasteiger partial charge on any atom is -0.383 e. The third kappa shape index (κ3) is 2.78. The lowest BCUT2D eigenvalue weighted by Gasteiger charge is -2.06. The predicted molar refractivity (Wildman–Crippen MR) is 76.7 cm³/mol. The third-order valence-corrected chi connectivity index (χ3v) is 3.03. The van der Waals surface area contributed by atoms with Gasteiger partial charge >= 0.3 is 0 Å². The second-order valence-corrected chi connectivity index (χ2v) is 4.96. The molecular formula is C11H11IN4O2. The van der Waals surface area contributed by atoms with Gasteiger partial charge in [0.05, 0.1) is 21.2 Å². The number of anilines is 1. The Morgan fingerprint density at radius 2 is 2.33 bits per heavy atom. The van der Waals surface area contributed by atoms with Crippen LogP contribution in [-0.4, -0.2) is 21.8 Å². The Morgan fingerprint density at radius 1 is 1.56 bits per heavy atom. The van der Waals surface area contributed by atoms with Gasteiger partial charge in [0.15, 0.2) is 0 Å².